The Labute approximate surface area is 154 Å². The predicted octanol–water partition coefficient (Wildman–Crippen LogP) is 3.95. The van der Waals surface area contributed by atoms with Gasteiger partial charge in [0, 0.05) is 24.7 Å². The van der Waals surface area contributed by atoms with E-state index in [1.54, 1.807) is 0 Å². The normalized spacial score (nSPS) is 19.1. The van der Waals surface area contributed by atoms with Crippen LogP contribution in [0.15, 0.2) is 24.3 Å². The molecule has 1 aliphatic carbocycles. The average molecular weight is 356 g/mol. The van der Waals surface area contributed by atoms with Gasteiger partial charge in [-0.25, -0.2) is 9.97 Å². The molecule has 5 heteroatoms. The van der Waals surface area contributed by atoms with Crippen molar-refractivity contribution >= 4 is 17.6 Å². The fraction of sp³-hybridized carbons (Fsp3) is 0.500. The van der Waals surface area contributed by atoms with E-state index in [0.717, 1.165) is 43.5 Å². The summed E-state index contributed by atoms with van der Waals surface area (Å²) in [6, 6.07) is 8.72. The highest BCUT2D eigenvalue weighted by molar-refractivity contribution is 7.99. The van der Waals surface area contributed by atoms with Crippen LogP contribution < -0.4 is 4.90 Å². The predicted molar refractivity (Wildman–Crippen MR) is 104 cm³/mol. The van der Waals surface area contributed by atoms with Gasteiger partial charge >= 0.3 is 0 Å². The van der Waals surface area contributed by atoms with E-state index >= 15 is 0 Å². The van der Waals surface area contributed by atoms with Crippen LogP contribution in [0.4, 0.5) is 5.82 Å². The fourth-order valence-corrected chi connectivity index (χ4v) is 4.13. The molecule has 2 fully saturated rings. The zero-order valence-electron chi connectivity index (χ0n) is 15.2. The number of morpholine rings is 1. The molecule has 2 heterocycles. The monoisotopic (exact) mass is 355 g/mol. The Bertz CT molecular complexity index is 783. The van der Waals surface area contributed by atoms with Gasteiger partial charge in [-0.2, -0.15) is 11.8 Å². The first-order valence-corrected chi connectivity index (χ1v) is 10.2. The maximum Gasteiger partial charge on any atom is 0.161 e. The van der Waals surface area contributed by atoms with Gasteiger partial charge in [-0.3, -0.25) is 0 Å². The van der Waals surface area contributed by atoms with Crippen LogP contribution >= 0.6 is 11.8 Å². The molecule has 0 bridgehead atoms. The standard InChI is InChI=1S/C20H25N3OS/c1-14-4-5-16(12-15(14)2)19-21-17(20(25-3)6-7-20)13-18(22-19)23-8-10-24-11-9-23/h4-5,12-13H,6-11H2,1-3H3. The molecule has 1 aromatic heterocycles. The second kappa shape index (κ2) is 6.61. The Kier molecular flexibility index (Phi) is 4.46. The van der Waals surface area contributed by atoms with Gasteiger partial charge in [0.1, 0.15) is 5.82 Å². The van der Waals surface area contributed by atoms with Crippen molar-refractivity contribution in [1.82, 2.24) is 9.97 Å². The van der Waals surface area contributed by atoms with Crippen molar-refractivity contribution in [3.8, 4) is 11.4 Å². The first-order chi connectivity index (χ1) is 12.1. The Hall–Kier alpha value is -1.59. The van der Waals surface area contributed by atoms with Gasteiger partial charge < -0.3 is 9.64 Å². The molecule has 1 saturated heterocycles. The van der Waals surface area contributed by atoms with E-state index in [1.807, 2.05) is 11.8 Å². The molecule has 0 amide bonds. The Morgan fingerprint density at radius 1 is 1.04 bits per heavy atom. The maximum atomic E-state index is 5.51. The van der Waals surface area contributed by atoms with Gasteiger partial charge in [0.05, 0.1) is 23.7 Å². The first-order valence-electron chi connectivity index (χ1n) is 8.96. The lowest BCUT2D eigenvalue weighted by Gasteiger charge is -2.29. The fourth-order valence-electron chi connectivity index (χ4n) is 3.31. The maximum absolute atomic E-state index is 5.51. The van der Waals surface area contributed by atoms with Crippen molar-refractivity contribution in [2.45, 2.75) is 31.4 Å². The second-order valence-electron chi connectivity index (χ2n) is 7.03. The lowest BCUT2D eigenvalue weighted by Crippen LogP contribution is -2.37. The summed E-state index contributed by atoms with van der Waals surface area (Å²) in [6.45, 7) is 7.63. The van der Waals surface area contributed by atoms with Crippen molar-refractivity contribution in [3.05, 3.63) is 41.1 Å². The molecule has 25 heavy (non-hydrogen) atoms. The number of benzene rings is 1. The van der Waals surface area contributed by atoms with Crippen LogP contribution in [-0.2, 0) is 9.48 Å². The molecular formula is C20H25N3OS. The number of ether oxygens (including phenoxy) is 1. The summed E-state index contributed by atoms with van der Waals surface area (Å²) >= 11 is 1.92. The largest absolute Gasteiger partial charge is 0.378 e. The number of rotatable bonds is 4. The van der Waals surface area contributed by atoms with Crippen molar-refractivity contribution in [2.24, 2.45) is 0 Å². The van der Waals surface area contributed by atoms with Gasteiger partial charge in [0.25, 0.3) is 0 Å². The summed E-state index contributed by atoms with van der Waals surface area (Å²) in [6.07, 6.45) is 4.61. The van der Waals surface area contributed by atoms with Crippen LogP contribution in [0.5, 0.6) is 0 Å². The van der Waals surface area contributed by atoms with Gasteiger partial charge in [-0.15, -0.1) is 0 Å². The number of aryl methyl sites for hydroxylation is 2. The first kappa shape index (κ1) is 16.9. The minimum atomic E-state index is 0.193. The molecule has 0 spiro atoms. The highest BCUT2D eigenvalue weighted by atomic mass is 32.2. The summed E-state index contributed by atoms with van der Waals surface area (Å²) in [5.74, 6) is 1.89. The third-order valence-electron chi connectivity index (χ3n) is 5.37. The Morgan fingerprint density at radius 2 is 1.80 bits per heavy atom. The van der Waals surface area contributed by atoms with E-state index < -0.39 is 0 Å². The van der Waals surface area contributed by atoms with Gasteiger partial charge in [-0.05, 0) is 50.1 Å². The van der Waals surface area contributed by atoms with E-state index in [1.165, 1.54) is 29.7 Å². The Balaban J connectivity index is 1.79. The van der Waals surface area contributed by atoms with Crippen molar-refractivity contribution in [1.29, 1.82) is 0 Å². The van der Waals surface area contributed by atoms with Crippen LogP contribution in [0.25, 0.3) is 11.4 Å². The lowest BCUT2D eigenvalue weighted by molar-refractivity contribution is 0.122. The van der Waals surface area contributed by atoms with Gasteiger partial charge in [0.2, 0.25) is 0 Å². The number of hydrogen-bond donors (Lipinski definition) is 0. The molecule has 1 saturated carbocycles. The molecule has 1 aromatic carbocycles. The highest BCUT2D eigenvalue weighted by Gasteiger charge is 2.45. The average Bonchev–Trinajstić information content (AvgIpc) is 3.46. The summed E-state index contributed by atoms with van der Waals surface area (Å²) in [5.41, 5.74) is 4.88. The molecule has 4 nitrogen and oxygen atoms in total. The number of nitrogens with zero attached hydrogens (tertiary/aromatic N) is 3. The molecule has 0 atom stereocenters. The van der Waals surface area contributed by atoms with E-state index in [-0.39, 0.29) is 4.75 Å². The number of thioether (sulfide) groups is 1. The van der Waals surface area contributed by atoms with E-state index in [0.29, 0.717) is 0 Å². The number of anilines is 1. The molecule has 0 N–H and O–H groups in total. The van der Waals surface area contributed by atoms with Crippen LogP contribution in [-0.4, -0.2) is 42.5 Å². The minimum absolute atomic E-state index is 0.193. The summed E-state index contributed by atoms with van der Waals surface area (Å²) in [4.78, 5) is 12.2. The molecule has 0 unspecified atom stereocenters. The summed E-state index contributed by atoms with van der Waals surface area (Å²) in [7, 11) is 0. The molecule has 2 aliphatic rings. The van der Waals surface area contributed by atoms with Crippen LogP contribution in [0.3, 0.4) is 0 Å². The van der Waals surface area contributed by atoms with E-state index in [2.05, 4.69) is 49.3 Å². The summed E-state index contributed by atoms with van der Waals surface area (Å²) in [5, 5.41) is 0. The van der Waals surface area contributed by atoms with Gasteiger partial charge in [-0.1, -0.05) is 12.1 Å². The van der Waals surface area contributed by atoms with Crippen molar-refractivity contribution in [3.63, 3.8) is 0 Å². The molecule has 132 valence electrons. The lowest BCUT2D eigenvalue weighted by atomic mass is 10.1. The minimum Gasteiger partial charge on any atom is -0.378 e. The molecular weight excluding hydrogens is 330 g/mol. The zero-order valence-corrected chi connectivity index (χ0v) is 16.0. The van der Waals surface area contributed by atoms with Crippen LogP contribution in [0, 0.1) is 13.8 Å². The smallest absolute Gasteiger partial charge is 0.161 e. The van der Waals surface area contributed by atoms with E-state index in [4.69, 9.17) is 14.7 Å². The Morgan fingerprint density at radius 3 is 2.44 bits per heavy atom. The van der Waals surface area contributed by atoms with Crippen molar-refractivity contribution in [2.75, 3.05) is 37.5 Å². The van der Waals surface area contributed by atoms with Crippen LogP contribution in [0.1, 0.15) is 29.7 Å². The second-order valence-corrected chi connectivity index (χ2v) is 8.22. The molecule has 4 rings (SSSR count). The zero-order chi connectivity index (χ0) is 17.4. The highest BCUT2D eigenvalue weighted by Crippen LogP contribution is 2.55. The molecule has 2 aromatic rings. The summed E-state index contributed by atoms with van der Waals surface area (Å²) < 4.78 is 5.70. The topological polar surface area (TPSA) is 38.2 Å². The molecule has 1 aliphatic heterocycles. The number of hydrogen-bond acceptors (Lipinski definition) is 5. The quantitative estimate of drug-likeness (QED) is 0.830. The van der Waals surface area contributed by atoms with Crippen molar-refractivity contribution < 1.29 is 4.74 Å². The number of aromatic nitrogens is 2. The third kappa shape index (κ3) is 3.27. The van der Waals surface area contributed by atoms with Gasteiger partial charge in [0.15, 0.2) is 5.82 Å². The SMILES string of the molecule is CSC1(c2cc(N3CCOCC3)nc(-c3ccc(C)c(C)c3)n2)CC1. The van der Waals surface area contributed by atoms with E-state index in [9.17, 15) is 0 Å². The third-order valence-corrected chi connectivity index (χ3v) is 6.77. The van der Waals surface area contributed by atoms with Crippen LogP contribution in [0.2, 0.25) is 0 Å². The molecule has 0 radical (unpaired) electrons.